The topological polar surface area (TPSA) is 0 Å². The maximum atomic E-state index is 3.74. The van der Waals surface area contributed by atoms with E-state index in [1.807, 2.05) is 0 Å². The molecule has 0 nitrogen and oxygen atoms in total. The van der Waals surface area contributed by atoms with Gasteiger partial charge in [-0.25, -0.2) is 0 Å². The van der Waals surface area contributed by atoms with Crippen LogP contribution in [0.25, 0.3) is 0 Å². The van der Waals surface area contributed by atoms with Crippen molar-refractivity contribution in [3.8, 4) is 0 Å². The number of rotatable bonds is 1. The Morgan fingerprint density at radius 2 is 1.28 bits per heavy atom. The van der Waals surface area contributed by atoms with Crippen LogP contribution in [-0.4, -0.2) is 4.83 Å². The molecule has 2 rings (SSSR count). The van der Waals surface area contributed by atoms with Crippen molar-refractivity contribution in [1.29, 1.82) is 0 Å². The van der Waals surface area contributed by atoms with Crippen molar-refractivity contribution in [2.45, 2.75) is 69.5 Å². The molecule has 2 unspecified atom stereocenters. The highest BCUT2D eigenvalue weighted by Gasteiger charge is 2.37. The summed E-state index contributed by atoms with van der Waals surface area (Å²) in [6.45, 7) is 13.8. The van der Waals surface area contributed by atoms with Gasteiger partial charge in [0.2, 0.25) is 0 Å². The summed E-state index contributed by atoms with van der Waals surface area (Å²) in [6, 6.07) is 7.23. The van der Waals surface area contributed by atoms with Crippen LogP contribution in [-0.2, 0) is 10.8 Å². The van der Waals surface area contributed by atoms with Crippen LogP contribution < -0.4 is 0 Å². The molecule has 18 heavy (non-hydrogen) atoms. The van der Waals surface area contributed by atoms with Crippen LogP contribution in [0.4, 0.5) is 0 Å². The van der Waals surface area contributed by atoms with Crippen molar-refractivity contribution in [2.75, 3.05) is 0 Å². The zero-order valence-electron chi connectivity index (χ0n) is 12.5. The van der Waals surface area contributed by atoms with E-state index in [1.54, 1.807) is 0 Å². The molecule has 2 atom stereocenters. The first kappa shape index (κ1) is 14.1. The fourth-order valence-corrected chi connectivity index (χ4v) is 2.95. The van der Waals surface area contributed by atoms with Gasteiger partial charge in [-0.05, 0) is 39.9 Å². The molecule has 0 spiro atoms. The summed E-state index contributed by atoms with van der Waals surface area (Å²) < 4.78 is 0. The molecule has 1 saturated carbocycles. The van der Waals surface area contributed by atoms with Crippen LogP contribution in [0.1, 0.15) is 70.6 Å². The largest absolute Gasteiger partial charge is 0.0884 e. The van der Waals surface area contributed by atoms with Crippen molar-refractivity contribution in [1.82, 2.24) is 0 Å². The van der Waals surface area contributed by atoms with Gasteiger partial charge in [0, 0.05) is 4.83 Å². The average Bonchev–Trinajstić information content (AvgIpc) is 2.92. The molecule has 1 aliphatic rings. The fourth-order valence-electron chi connectivity index (χ4n) is 2.24. The van der Waals surface area contributed by atoms with Gasteiger partial charge < -0.3 is 0 Å². The van der Waals surface area contributed by atoms with E-state index < -0.39 is 0 Å². The Hall–Kier alpha value is -0.300. The predicted octanol–water partition coefficient (Wildman–Crippen LogP) is 5.53. The van der Waals surface area contributed by atoms with Gasteiger partial charge in [0.05, 0.1) is 0 Å². The molecule has 0 bridgehead atoms. The second-order valence-electron chi connectivity index (χ2n) is 7.70. The van der Waals surface area contributed by atoms with Gasteiger partial charge in [0.15, 0.2) is 0 Å². The highest BCUT2D eigenvalue weighted by molar-refractivity contribution is 9.09. The lowest BCUT2D eigenvalue weighted by Gasteiger charge is -2.26. The van der Waals surface area contributed by atoms with Gasteiger partial charge >= 0.3 is 0 Å². The molecule has 1 aromatic carbocycles. The molecule has 0 aromatic heterocycles. The summed E-state index contributed by atoms with van der Waals surface area (Å²) in [7, 11) is 0. The van der Waals surface area contributed by atoms with Gasteiger partial charge in [-0.2, -0.15) is 0 Å². The third kappa shape index (κ3) is 2.99. The third-order valence-corrected chi connectivity index (χ3v) is 4.84. The van der Waals surface area contributed by atoms with Crippen molar-refractivity contribution in [3.05, 3.63) is 34.9 Å². The van der Waals surface area contributed by atoms with Crippen LogP contribution >= 0.6 is 15.9 Å². The van der Waals surface area contributed by atoms with E-state index in [-0.39, 0.29) is 10.8 Å². The lowest BCUT2D eigenvalue weighted by molar-refractivity contribution is 0.567. The number of alkyl halides is 1. The number of hydrogen-bond donors (Lipinski definition) is 0. The molecule has 0 radical (unpaired) electrons. The maximum absolute atomic E-state index is 3.74. The second kappa shape index (κ2) is 4.37. The Morgan fingerprint density at radius 1 is 0.889 bits per heavy atom. The molecule has 0 aliphatic heterocycles. The predicted molar refractivity (Wildman–Crippen MR) is 83.9 cm³/mol. The molecule has 0 heterocycles. The zero-order valence-corrected chi connectivity index (χ0v) is 14.1. The molecule has 0 amide bonds. The molecule has 1 fully saturated rings. The molecule has 1 aliphatic carbocycles. The van der Waals surface area contributed by atoms with Crippen molar-refractivity contribution >= 4 is 15.9 Å². The summed E-state index contributed by atoms with van der Waals surface area (Å²) in [5, 5.41) is 0. The monoisotopic (exact) mass is 308 g/mol. The van der Waals surface area contributed by atoms with Crippen molar-refractivity contribution < 1.29 is 0 Å². The first-order chi connectivity index (χ1) is 8.09. The van der Waals surface area contributed by atoms with E-state index in [2.05, 4.69) is 75.7 Å². The summed E-state index contributed by atoms with van der Waals surface area (Å²) in [4.78, 5) is 0.695. The molecule has 100 valence electrons. The molecule has 0 N–H and O–H groups in total. The minimum Gasteiger partial charge on any atom is -0.0884 e. The van der Waals surface area contributed by atoms with E-state index in [0.29, 0.717) is 4.83 Å². The highest BCUT2D eigenvalue weighted by atomic mass is 79.9. The molecule has 1 aromatic rings. The first-order valence-electron chi connectivity index (χ1n) is 6.89. The van der Waals surface area contributed by atoms with Crippen molar-refractivity contribution in [3.63, 3.8) is 0 Å². The SMILES string of the molecule is CC(C)(C)c1cc(C2CC2Br)cc(C(C)(C)C)c1. The molecule has 0 saturated heterocycles. The first-order valence-corrected chi connectivity index (χ1v) is 7.80. The number of halogens is 1. The van der Waals surface area contributed by atoms with Crippen LogP contribution in [0.5, 0.6) is 0 Å². The standard InChI is InChI=1S/C17H25Br/c1-16(2,3)12-7-11(14-10-15(14)18)8-13(9-12)17(4,5)6/h7-9,14-15H,10H2,1-6H3. The van der Waals surface area contributed by atoms with Crippen molar-refractivity contribution in [2.24, 2.45) is 0 Å². The van der Waals surface area contributed by atoms with Gasteiger partial charge in [0.1, 0.15) is 0 Å². The van der Waals surface area contributed by atoms with Crippen LogP contribution in [0.2, 0.25) is 0 Å². The van der Waals surface area contributed by atoms with E-state index >= 15 is 0 Å². The Bertz CT molecular complexity index is 413. The van der Waals surface area contributed by atoms with Crippen LogP contribution in [0.15, 0.2) is 18.2 Å². The Labute approximate surface area is 120 Å². The Kier molecular flexibility index (Phi) is 3.43. The fraction of sp³-hybridized carbons (Fsp3) is 0.647. The normalized spacial score (nSPS) is 24.2. The lowest BCUT2D eigenvalue weighted by atomic mass is 9.79. The summed E-state index contributed by atoms with van der Waals surface area (Å²) in [5.74, 6) is 0.730. The second-order valence-corrected chi connectivity index (χ2v) is 8.88. The summed E-state index contributed by atoms with van der Waals surface area (Å²) >= 11 is 3.74. The molecule has 1 heteroatoms. The Balaban J connectivity index is 2.49. The average molecular weight is 309 g/mol. The number of hydrogen-bond acceptors (Lipinski definition) is 0. The smallest absolute Gasteiger partial charge is 0.0221 e. The zero-order chi connectivity index (χ0) is 13.7. The van der Waals surface area contributed by atoms with Gasteiger partial charge in [-0.15, -0.1) is 0 Å². The van der Waals surface area contributed by atoms with Gasteiger partial charge in [0.25, 0.3) is 0 Å². The Morgan fingerprint density at radius 3 is 1.56 bits per heavy atom. The van der Waals surface area contributed by atoms with E-state index in [0.717, 1.165) is 5.92 Å². The van der Waals surface area contributed by atoms with Crippen LogP contribution in [0, 0.1) is 0 Å². The minimum absolute atomic E-state index is 0.229. The van der Waals surface area contributed by atoms with Gasteiger partial charge in [-0.3, -0.25) is 0 Å². The molecular formula is C17H25Br. The lowest BCUT2D eigenvalue weighted by Crippen LogP contribution is -2.17. The van der Waals surface area contributed by atoms with Gasteiger partial charge in [-0.1, -0.05) is 75.7 Å². The minimum atomic E-state index is 0.229. The summed E-state index contributed by atoms with van der Waals surface area (Å²) in [6.07, 6.45) is 1.29. The summed E-state index contributed by atoms with van der Waals surface area (Å²) in [5.41, 5.74) is 4.92. The van der Waals surface area contributed by atoms with E-state index in [4.69, 9.17) is 0 Å². The van der Waals surface area contributed by atoms with E-state index in [9.17, 15) is 0 Å². The van der Waals surface area contributed by atoms with Crippen LogP contribution in [0.3, 0.4) is 0 Å². The number of benzene rings is 1. The van der Waals surface area contributed by atoms with E-state index in [1.165, 1.54) is 23.1 Å². The maximum Gasteiger partial charge on any atom is 0.0221 e. The quantitative estimate of drug-likeness (QED) is 0.598. The third-order valence-electron chi connectivity index (χ3n) is 3.83. The highest BCUT2D eigenvalue weighted by Crippen LogP contribution is 2.48. The molecular weight excluding hydrogens is 284 g/mol.